The van der Waals surface area contributed by atoms with Crippen LogP contribution in [-0.2, 0) is 0 Å². The molecule has 0 atom stereocenters. The number of benzene rings is 1. The second-order valence-electron chi connectivity index (χ2n) is 4.88. The normalized spacial score (nSPS) is 10.7. The summed E-state index contributed by atoms with van der Waals surface area (Å²) in [6, 6.07) is 6.11. The quantitative estimate of drug-likeness (QED) is 0.816. The molecule has 0 bridgehead atoms. The summed E-state index contributed by atoms with van der Waals surface area (Å²) in [7, 11) is 0. The SMILES string of the molecule is CCCCCCNC(=O)c1cnc2cc(F)ccc2c1. The minimum Gasteiger partial charge on any atom is -0.352 e. The number of amides is 1. The Hall–Kier alpha value is -1.97. The van der Waals surface area contributed by atoms with E-state index in [1.165, 1.54) is 31.2 Å². The van der Waals surface area contributed by atoms with Crippen molar-refractivity contribution in [3.63, 3.8) is 0 Å². The summed E-state index contributed by atoms with van der Waals surface area (Å²) in [5.41, 5.74) is 1.07. The van der Waals surface area contributed by atoms with Gasteiger partial charge in [-0.2, -0.15) is 0 Å². The van der Waals surface area contributed by atoms with Crippen LogP contribution in [0.1, 0.15) is 43.0 Å². The van der Waals surface area contributed by atoms with Crippen LogP contribution in [0.25, 0.3) is 10.9 Å². The van der Waals surface area contributed by atoms with Crippen molar-refractivity contribution in [3.8, 4) is 0 Å². The Kier molecular flexibility index (Phi) is 5.04. The van der Waals surface area contributed by atoms with E-state index in [2.05, 4.69) is 17.2 Å². The van der Waals surface area contributed by atoms with E-state index in [1.807, 2.05) is 0 Å². The molecule has 0 saturated heterocycles. The highest BCUT2D eigenvalue weighted by atomic mass is 19.1. The summed E-state index contributed by atoms with van der Waals surface area (Å²) in [4.78, 5) is 16.1. The maximum Gasteiger partial charge on any atom is 0.252 e. The first-order valence-corrected chi connectivity index (χ1v) is 7.04. The van der Waals surface area contributed by atoms with Gasteiger partial charge >= 0.3 is 0 Å². The molecule has 106 valence electrons. The molecule has 1 N–H and O–H groups in total. The third-order valence-corrected chi connectivity index (χ3v) is 3.22. The van der Waals surface area contributed by atoms with Crippen LogP contribution in [0.2, 0.25) is 0 Å². The molecule has 1 amide bonds. The van der Waals surface area contributed by atoms with Gasteiger partial charge in [-0.25, -0.2) is 4.39 Å². The van der Waals surface area contributed by atoms with Gasteiger partial charge in [0.1, 0.15) is 5.82 Å². The van der Waals surface area contributed by atoms with Crippen LogP contribution in [0, 0.1) is 5.82 Å². The molecule has 2 rings (SSSR count). The van der Waals surface area contributed by atoms with Gasteiger partial charge in [-0.05, 0) is 24.6 Å². The van der Waals surface area contributed by atoms with Crippen molar-refractivity contribution in [3.05, 3.63) is 41.8 Å². The van der Waals surface area contributed by atoms with Gasteiger partial charge in [0.15, 0.2) is 0 Å². The fraction of sp³-hybridized carbons (Fsp3) is 0.375. The Balaban J connectivity index is 1.98. The Bertz CT molecular complexity index is 598. The minimum absolute atomic E-state index is 0.125. The second kappa shape index (κ2) is 6.98. The van der Waals surface area contributed by atoms with E-state index in [-0.39, 0.29) is 11.7 Å². The highest BCUT2D eigenvalue weighted by Crippen LogP contribution is 2.14. The number of halogens is 1. The standard InChI is InChI=1S/C16H19FN2O/c1-2-3-4-5-8-18-16(20)13-9-12-6-7-14(17)10-15(12)19-11-13/h6-7,9-11H,2-5,8H2,1H3,(H,18,20). The lowest BCUT2D eigenvalue weighted by Gasteiger charge is -2.06. The Morgan fingerprint density at radius 2 is 2.10 bits per heavy atom. The van der Waals surface area contributed by atoms with Crippen molar-refractivity contribution < 1.29 is 9.18 Å². The number of carbonyl (C=O) groups is 1. The molecule has 1 heterocycles. The Morgan fingerprint density at radius 3 is 2.90 bits per heavy atom. The third-order valence-electron chi connectivity index (χ3n) is 3.22. The van der Waals surface area contributed by atoms with Crippen LogP contribution in [-0.4, -0.2) is 17.4 Å². The van der Waals surface area contributed by atoms with Gasteiger partial charge in [0.2, 0.25) is 0 Å². The molecule has 0 radical (unpaired) electrons. The molecule has 4 heteroatoms. The zero-order chi connectivity index (χ0) is 14.4. The van der Waals surface area contributed by atoms with Crippen molar-refractivity contribution in [2.24, 2.45) is 0 Å². The fourth-order valence-corrected chi connectivity index (χ4v) is 2.07. The number of aromatic nitrogens is 1. The first-order valence-electron chi connectivity index (χ1n) is 7.04. The topological polar surface area (TPSA) is 42.0 Å². The summed E-state index contributed by atoms with van der Waals surface area (Å²) in [5.74, 6) is -0.446. The van der Waals surface area contributed by atoms with E-state index in [0.29, 0.717) is 17.6 Å². The smallest absolute Gasteiger partial charge is 0.252 e. The number of hydrogen-bond acceptors (Lipinski definition) is 2. The molecule has 0 aliphatic carbocycles. The molecule has 20 heavy (non-hydrogen) atoms. The Morgan fingerprint density at radius 1 is 1.25 bits per heavy atom. The second-order valence-corrected chi connectivity index (χ2v) is 4.88. The van der Waals surface area contributed by atoms with E-state index in [9.17, 15) is 9.18 Å². The summed E-state index contributed by atoms with van der Waals surface area (Å²) in [5, 5.41) is 3.65. The molecule has 0 aliphatic heterocycles. The molecular weight excluding hydrogens is 255 g/mol. The van der Waals surface area contributed by atoms with Gasteiger partial charge < -0.3 is 5.32 Å². The Labute approximate surface area is 118 Å². The van der Waals surface area contributed by atoms with Gasteiger partial charge in [0.25, 0.3) is 5.91 Å². The van der Waals surface area contributed by atoms with Gasteiger partial charge in [-0.3, -0.25) is 9.78 Å². The van der Waals surface area contributed by atoms with Crippen LogP contribution in [0.3, 0.4) is 0 Å². The zero-order valence-corrected chi connectivity index (χ0v) is 11.7. The molecular formula is C16H19FN2O. The maximum absolute atomic E-state index is 13.0. The van der Waals surface area contributed by atoms with Crippen molar-refractivity contribution in [2.45, 2.75) is 32.6 Å². The molecule has 2 aromatic rings. The predicted octanol–water partition coefficient (Wildman–Crippen LogP) is 3.68. The van der Waals surface area contributed by atoms with Crippen LogP contribution >= 0.6 is 0 Å². The number of rotatable bonds is 6. The first-order chi connectivity index (χ1) is 9.70. The average molecular weight is 274 g/mol. The number of nitrogens with one attached hydrogen (secondary N) is 1. The molecule has 0 saturated carbocycles. The summed E-state index contributed by atoms with van der Waals surface area (Å²) in [6.45, 7) is 2.84. The van der Waals surface area contributed by atoms with E-state index < -0.39 is 0 Å². The van der Waals surface area contributed by atoms with Crippen LogP contribution < -0.4 is 5.32 Å². The molecule has 0 fully saturated rings. The van der Waals surface area contributed by atoms with E-state index in [4.69, 9.17) is 0 Å². The van der Waals surface area contributed by atoms with Gasteiger partial charge in [-0.15, -0.1) is 0 Å². The first kappa shape index (κ1) is 14.4. The van der Waals surface area contributed by atoms with Crippen molar-refractivity contribution in [2.75, 3.05) is 6.54 Å². The average Bonchev–Trinajstić information content (AvgIpc) is 2.46. The summed E-state index contributed by atoms with van der Waals surface area (Å²) < 4.78 is 13.0. The highest BCUT2D eigenvalue weighted by Gasteiger charge is 2.07. The maximum atomic E-state index is 13.0. The third kappa shape index (κ3) is 3.76. The number of pyridine rings is 1. The molecule has 1 aromatic heterocycles. The molecule has 3 nitrogen and oxygen atoms in total. The molecule has 0 unspecified atom stereocenters. The number of nitrogens with zero attached hydrogens (tertiary/aromatic N) is 1. The molecule has 0 aliphatic rings. The lowest BCUT2D eigenvalue weighted by atomic mass is 10.1. The summed E-state index contributed by atoms with van der Waals surface area (Å²) in [6.07, 6.45) is 5.99. The van der Waals surface area contributed by atoms with E-state index in [0.717, 1.165) is 18.2 Å². The van der Waals surface area contributed by atoms with Gasteiger partial charge in [0, 0.05) is 24.2 Å². The largest absolute Gasteiger partial charge is 0.352 e. The monoisotopic (exact) mass is 274 g/mol. The highest BCUT2D eigenvalue weighted by molar-refractivity contribution is 5.97. The lowest BCUT2D eigenvalue weighted by molar-refractivity contribution is 0.0953. The van der Waals surface area contributed by atoms with Gasteiger partial charge in [0.05, 0.1) is 11.1 Å². The van der Waals surface area contributed by atoms with Crippen molar-refractivity contribution >= 4 is 16.8 Å². The van der Waals surface area contributed by atoms with Gasteiger partial charge in [-0.1, -0.05) is 26.2 Å². The van der Waals surface area contributed by atoms with Crippen molar-refractivity contribution in [1.82, 2.24) is 10.3 Å². The number of fused-ring (bicyclic) bond motifs is 1. The van der Waals surface area contributed by atoms with Crippen LogP contribution in [0.4, 0.5) is 4.39 Å². The number of hydrogen-bond donors (Lipinski definition) is 1. The lowest BCUT2D eigenvalue weighted by Crippen LogP contribution is -2.24. The van der Waals surface area contributed by atoms with Crippen molar-refractivity contribution in [1.29, 1.82) is 0 Å². The van der Waals surface area contributed by atoms with Crippen LogP contribution in [0.5, 0.6) is 0 Å². The molecule has 1 aromatic carbocycles. The molecule has 0 spiro atoms. The number of carbonyl (C=O) groups excluding carboxylic acids is 1. The van der Waals surface area contributed by atoms with Crippen LogP contribution in [0.15, 0.2) is 30.5 Å². The van der Waals surface area contributed by atoms with E-state index in [1.54, 1.807) is 12.1 Å². The predicted molar refractivity (Wildman–Crippen MR) is 78.2 cm³/mol. The summed E-state index contributed by atoms with van der Waals surface area (Å²) >= 11 is 0. The van der Waals surface area contributed by atoms with E-state index >= 15 is 0 Å². The zero-order valence-electron chi connectivity index (χ0n) is 11.7. The minimum atomic E-state index is -0.321. The fourth-order valence-electron chi connectivity index (χ4n) is 2.07. The number of unbranched alkanes of at least 4 members (excludes halogenated alkanes) is 3.